The van der Waals surface area contributed by atoms with Crippen molar-refractivity contribution in [2.45, 2.75) is 12.6 Å². The van der Waals surface area contributed by atoms with Crippen LogP contribution < -0.4 is 4.74 Å². The smallest absolute Gasteiger partial charge is 0.260 e. The van der Waals surface area contributed by atoms with Gasteiger partial charge in [0.25, 0.3) is 5.91 Å². The van der Waals surface area contributed by atoms with Crippen molar-refractivity contribution in [3.05, 3.63) is 63.8 Å². The molecular formula is C18H13BrN2O2. The molecule has 0 spiro atoms. The Hall–Kier alpha value is -2.27. The van der Waals surface area contributed by atoms with E-state index in [1.807, 2.05) is 35.2 Å². The number of ether oxygens (including phenoxy) is 1. The third-order valence-corrected chi connectivity index (χ3v) is 5.15. The fraction of sp³-hybridized carbons (Fsp3) is 0.167. The molecule has 1 unspecified atom stereocenters. The third-order valence-electron chi connectivity index (χ3n) is 4.65. The van der Waals surface area contributed by atoms with E-state index < -0.39 is 0 Å². The zero-order valence-corrected chi connectivity index (χ0v) is 13.8. The van der Waals surface area contributed by atoms with Crippen molar-refractivity contribution in [3.8, 4) is 5.75 Å². The Morgan fingerprint density at radius 1 is 1.22 bits per heavy atom. The molecule has 5 rings (SSSR count). The first kappa shape index (κ1) is 13.2. The van der Waals surface area contributed by atoms with Gasteiger partial charge in [0.05, 0.1) is 11.3 Å². The van der Waals surface area contributed by atoms with Crippen LogP contribution in [0.3, 0.4) is 0 Å². The summed E-state index contributed by atoms with van der Waals surface area (Å²) in [7, 11) is 0. The van der Waals surface area contributed by atoms with Gasteiger partial charge in [-0.05, 0) is 36.2 Å². The van der Waals surface area contributed by atoms with E-state index in [1.165, 1.54) is 10.9 Å². The SMILES string of the molecule is O=C1c2ccc(Br)cc2OC2c3[nH]c4ccccc4c3CCN12. The van der Waals surface area contributed by atoms with Crippen molar-refractivity contribution < 1.29 is 9.53 Å². The zero-order chi connectivity index (χ0) is 15.6. The molecule has 4 nitrogen and oxygen atoms in total. The molecule has 1 N–H and O–H groups in total. The Morgan fingerprint density at radius 2 is 2.09 bits per heavy atom. The van der Waals surface area contributed by atoms with E-state index in [2.05, 4.69) is 33.0 Å². The van der Waals surface area contributed by atoms with Gasteiger partial charge in [-0.15, -0.1) is 0 Å². The lowest BCUT2D eigenvalue weighted by Crippen LogP contribution is -2.45. The second kappa shape index (κ2) is 4.61. The number of amides is 1. The molecule has 5 heteroatoms. The highest BCUT2D eigenvalue weighted by atomic mass is 79.9. The van der Waals surface area contributed by atoms with Gasteiger partial charge in [-0.25, -0.2) is 0 Å². The second-order valence-corrected chi connectivity index (χ2v) is 6.84. The topological polar surface area (TPSA) is 45.3 Å². The fourth-order valence-electron chi connectivity index (χ4n) is 3.58. The van der Waals surface area contributed by atoms with Crippen LogP contribution >= 0.6 is 15.9 Å². The van der Waals surface area contributed by atoms with Crippen LogP contribution in [0.4, 0.5) is 0 Å². The molecule has 1 aromatic heterocycles. The minimum Gasteiger partial charge on any atom is -0.464 e. The minimum absolute atomic E-state index is 0.0352. The Kier molecular flexibility index (Phi) is 2.65. The third kappa shape index (κ3) is 1.80. The molecule has 0 saturated heterocycles. The van der Waals surface area contributed by atoms with E-state index in [0.717, 1.165) is 22.1 Å². The number of carbonyl (C=O) groups is 1. The number of hydrogen-bond acceptors (Lipinski definition) is 2. The normalized spacial score (nSPS) is 19.1. The summed E-state index contributed by atoms with van der Waals surface area (Å²) in [5.41, 5.74) is 3.98. The first-order chi connectivity index (χ1) is 11.2. The predicted molar refractivity (Wildman–Crippen MR) is 90.6 cm³/mol. The standard InChI is InChI=1S/C18H13BrN2O2/c19-10-5-6-13-15(9-10)23-18-16-12(7-8-21(18)17(13)22)11-3-1-2-4-14(11)20-16/h1-6,9,18,20H,7-8H2. The lowest BCUT2D eigenvalue weighted by molar-refractivity contribution is 0.00199. The summed E-state index contributed by atoms with van der Waals surface area (Å²) in [5.74, 6) is 0.671. The average Bonchev–Trinajstić information content (AvgIpc) is 2.94. The van der Waals surface area contributed by atoms with Crippen molar-refractivity contribution in [1.29, 1.82) is 0 Å². The van der Waals surface area contributed by atoms with E-state index in [-0.39, 0.29) is 12.1 Å². The predicted octanol–water partition coefficient (Wildman–Crippen LogP) is 4.02. The number of H-pyrrole nitrogens is 1. The summed E-state index contributed by atoms with van der Waals surface area (Å²) < 4.78 is 7.09. The van der Waals surface area contributed by atoms with Crippen LogP contribution in [0.1, 0.15) is 27.8 Å². The molecule has 3 heterocycles. The lowest BCUT2D eigenvalue weighted by atomic mass is 9.99. The second-order valence-electron chi connectivity index (χ2n) is 5.92. The van der Waals surface area contributed by atoms with Crippen molar-refractivity contribution >= 4 is 32.7 Å². The van der Waals surface area contributed by atoms with Gasteiger partial charge in [0, 0.05) is 21.9 Å². The molecule has 0 fully saturated rings. The first-order valence-corrected chi connectivity index (χ1v) is 8.38. The van der Waals surface area contributed by atoms with Crippen LogP contribution in [-0.2, 0) is 6.42 Å². The van der Waals surface area contributed by atoms with Crippen molar-refractivity contribution in [2.24, 2.45) is 0 Å². The maximum Gasteiger partial charge on any atom is 0.260 e. The molecule has 2 aliphatic rings. The molecule has 3 aromatic rings. The van der Waals surface area contributed by atoms with Crippen molar-refractivity contribution in [3.63, 3.8) is 0 Å². The maximum absolute atomic E-state index is 12.8. The van der Waals surface area contributed by atoms with E-state index in [9.17, 15) is 4.79 Å². The summed E-state index contributed by atoms with van der Waals surface area (Å²) in [6, 6.07) is 13.8. The molecule has 1 atom stereocenters. The molecular weight excluding hydrogens is 356 g/mol. The number of halogens is 1. The van der Waals surface area contributed by atoms with Gasteiger partial charge in [-0.3, -0.25) is 9.69 Å². The van der Waals surface area contributed by atoms with Crippen LogP contribution in [0.25, 0.3) is 10.9 Å². The number of hydrogen-bond donors (Lipinski definition) is 1. The van der Waals surface area contributed by atoms with Gasteiger partial charge in [0.1, 0.15) is 5.75 Å². The van der Waals surface area contributed by atoms with Crippen LogP contribution in [0.15, 0.2) is 46.9 Å². The lowest BCUT2D eigenvalue weighted by Gasteiger charge is -2.39. The van der Waals surface area contributed by atoms with E-state index in [0.29, 0.717) is 17.9 Å². The van der Waals surface area contributed by atoms with Gasteiger partial charge in [0.2, 0.25) is 6.23 Å². The molecule has 0 saturated carbocycles. The molecule has 1 amide bonds. The fourth-order valence-corrected chi connectivity index (χ4v) is 3.92. The number of aromatic amines is 1. The summed E-state index contributed by atoms with van der Waals surface area (Å²) in [6.07, 6.45) is 0.469. The maximum atomic E-state index is 12.8. The Bertz CT molecular complexity index is 963. The molecule has 2 aromatic carbocycles. The number of carbonyl (C=O) groups excluding carboxylic acids is 1. The molecule has 0 aliphatic carbocycles. The number of rotatable bonds is 0. The summed E-state index contributed by atoms with van der Waals surface area (Å²) in [4.78, 5) is 18.1. The minimum atomic E-state index is -0.375. The van der Waals surface area contributed by atoms with E-state index in [1.54, 1.807) is 0 Å². The Morgan fingerprint density at radius 3 is 3.00 bits per heavy atom. The van der Waals surface area contributed by atoms with Crippen LogP contribution in [0.2, 0.25) is 0 Å². The highest BCUT2D eigenvalue weighted by Gasteiger charge is 2.40. The highest BCUT2D eigenvalue weighted by Crippen LogP contribution is 2.41. The zero-order valence-electron chi connectivity index (χ0n) is 12.2. The van der Waals surface area contributed by atoms with Gasteiger partial charge < -0.3 is 9.72 Å². The van der Waals surface area contributed by atoms with Crippen LogP contribution in [-0.4, -0.2) is 22.3 Å². The average molecular weight is 369 g/mol. The van der Waals surface area contributed by atoms with Crippen molar-refractivity contribution in [1.82, 2.24) is 9.88 Å². The van der Waals surface area contributed by atoms with Crippen molar-refractivity contribution in [2.75, 3.05) is 6.54 Å². The molecule has 0 radical (unpaired) electrons. The quantitative estimate of drug-likeness (QED) is 0.651. The van der Waals surface area contributed by atoms with Gasteiger partial charge in [-0.1, -0.05) is 34.1 Å². The Labute approximate surface area is 141 Å². The highest BCUT2D eigenvalue weighted by molar-refractivity contribution is 9.10. The summed E-state index contributed by atoms with van der Waals surface area (Å²) >= 11 is 3.45. The number of para-hydroxylation sites is 1. The van der Waals surface area contributed by atoms with E-state index in [4.69, 9.17) is 4.74 Å². The Balaban J connectivity index is 1.69. The van der Waals surface area contributed by atoms with E-state index >= 15 is 0 Å². The number of nitrogens with one attached hydrogen (secondary N) is 1. The van der Waals surface area contributed by atoms with Crippen LogP contribution in [0.5, 0.6) is 5.75 Å². The number of nitrogens with zero attached hydrogens (tertiary/aromatic N) is 1. The van der Waals surface area contributed by atoms with Crippen LogP contribution in [0, 0.1) is 0 Å². The number of benzene rings is 2. The van der Waals surface area contributed by atoms with Gasteiger partial charge in [-0.2, -0.15) is 0 Å². The summed E-state index contributed by atoms with van der Waals surface area (Å²) in [5, 5.41) is 1.22. The number of aromatic nitrogens is 1. The molecule has 0 bridgehead atoms. The molecule has 23 heavy (non-hydrogen) atoms. The summed E-state index contributed by atoms with van der Waals surface area (Å²) in [6.45, 7) is 0.674. The van der Waals surface area contributed by atoms with Gasteiger partial charge >= 0.3 is 0 Å². The largest absolute Gasteiger partial charge is 0.464 e. The van der Waals surface area contributed by atoms with Gasteiger partial charge in [0.15, 0.2) is 0 Å². The number of fused-ring (bicyclic) bond motifs is 6. The molecule has 2 aliphatic heterocycles. The monoisotopic (exact) mass is 368 g/mol. The first-order valence-electron chi connectivity index (χ1n) is 7.59. The molecule has 114 valence electrons.